The van der Waals surface area contributed by atoms with E-state index in [4.69, 9.17) is 5.11 Å². The third kappa shape index (κ3) is 3.19. The summed E-state index contributed by atoms with van der Waals surface area (Å²) < 4.78 is 0. The lowest BCUT2D eigenvalue weighted by Gasteiger charge is -2.37. The van der Waals surface area contributed by atoms with Crippen LogP contribution in [0.1, 0.15) is 26.7 Å². The molecule has 0 spiro atoms. The molecule has 0 radical (unpaired) electrons. The summed E-state index contributed by atoms with van der Waals surface area (Å²) >= 11 is 0. The number of likely N-dealkylation sites (tertiary alicyclic amines) is 1. The Morgan fingerprint density at radius 1 is 1.41 bits per heavy atom. The lowest BCUT2D eigenvalue weighted by molar-refractivity contribution is -0.153. The van der Waals surface area contributed by atoms with Crippen molar-refractivity contribution in [1.82, 2.24) is 10.2 Å². The molecule has 1 fully saturated rings. The van der Waals surface area contributed by atoms with E-state index in [0.29, 0.717) is 32.5 Å². The fraction of sp³-hybridized carbons (Fsp3) is 0.833. The molecule has 1 rings (SSSR count). The first-order chi connectivity index (χ1) is 7.90. The molecule has 1 unspecified atom stereocenters. The number of nitrogens with zero attached hydrogens (tertiary/aromatic N) is 1. The van der Waals surface area contributed by atoms with E-state index in [9.17, 15) is 9.59 Å². The topological polar surface area (TPSA) is 69.6 Å². The van der Waals surface area contributed by atoms with Crippen molar-refractivity contribution in [3.63, 3.8) is 0 Å². The molecule has 5 nitrogen and oxygen atoms in total. The molecule has 17 heavy (non-hydrogen) atoms. The van der Waals surface area contributed by atoms with Gasteiger partial charge in [0.25, 0.3) is 0 Å². The highest BCUT2D eigenvalue weighted by atomic mass is 16.4. The van der Waals surface area contributed by atoms with Gasteiger partial charge < -0.3 is 15.3 Å². The number of carboxylic acids is 1. The third-order valence-corrected chi connectivity index (χ3v) is 3.63. The monoisotopic (exact) mass is 242 g/mol. The van der Waals surface area contributed by atoms with Crippen LogP contribution in [0.3, 0.4) is 0 Å². The first kappa shape index (κ1) is 14.0. The molecule has 1 amide bonds. The maximum absolute atomic E-state index is 12.0. The zero-order valence-electron chi connectivity index (χ0n) is 10.8. The number of carbonyl (C=O) groups excluding carboxylic acids is 1. The summed E-state index contributed by atoms with van der Waals surface area (Å²) in [6.07, 6.45) is 1.08. The highest BCUT2D eigenvalue weighted by Gasteiger charge is 2.38. The molecule has 0 bridgehead atoms. The summed E-state index contributed by atoms with van der Waals surface area (Å²) in [7, 11) is 1.82. The fourth-order valence-corrected chi connectivity index (χ4v) is 2.14. The van der Waals surface area contributed by atoms with Crippen LogP contribution in [0.25, 0.3) is 0 Å². The molecule has 0 aromatic heterocycles. The standard InChI is InChI=1S/C12H22N2O3/c1-9(8-13-3)10(15)14-6-4-12(2,5-7-14)11(16)17/h9,13H,4-8H2,1-3H3,(H,16,17). The molecule has 1 atom stereocenters. The van der Waals surface area contributed by atoms with Crippen LogP contribution in [0.15, 0.2) is 0 Å². The number of hydrogen-bond acceptors (Lipinski definition) is 3. The zero-order chi connectivity index (χ0) is 13.1. The highest BCUT2D eigenvalue weighted by Crippen LogP contribution is 2.31. The van der Waals surface area contributed by atoms with E-state index in [-0.39, 0.29) is 11.8 Å². The van der Waals surface area contributed by atoms with Crippen molar-refractivity contribution < 1.29 is 14.7 Å². The average Bonchev–Trinajstić information content (AvgIpc) is 2.29. The molecule has 1 heterocycles. The minimum Gasteiger partial charge on any atom is -0.481 e. The van der Waals surface area contributed by atoms with Crippen LogP contribution in [-0.2, 0) is 9.59 Å². The van der Waals surface area contributed by atoms with Crippen LogP contribution >= 0.6 is 0 Å². The van der Waals surface area contributed by atoms with Gasteiger partial charge in [-0.25, -0.2) is 0 Å². The zero-order valence-corrected chi connectivity index (χ0v) is 10.8. The Kier molecular flexibility index (Phi) is 4.51. The molecule has 5 heteroatoms. The Bertz CT molecular complexity index is 296. The first-order valence-electron chi connectivity index (χ1n) is 6.07. The second kappa shape index (κ2) is 5.49. The van der Waals surface area contributed by atoms with Gasteiger partial charge in [0, 0.05) is 25.6 Å². The molecular formula is C12H22N2O3. The van der Waals surface area contributed by atoms with E-state index in [1.165, 1.54) is 0 Å². The molecule has 98 valence electrons. The second-order valence-corrected chi connectivity index (χ2v) is 5.15. The molecule has 0 saturated carbocycles. The number of rotatable bonds is 4. The van der Waals surface area contributed by atoms with Crippen LogP contribution in [0, 0.1) is 11.3 Å². The normalized spacial score (nSPS) is 21.0. The predicted molar refractivity (Wildman–Crippen MR) is 64.6 cm³/mol. The SMILES string of the molecule is CNCC(C)C(=O)N1CCC(C)(C(=O)O)CC1. The van der Waals surface area contributed by atoms with Crippen LogP contribution in [0.5, 0.6) is 0 Å². The lowest BCUT2D eigenvalue weighted by atomic mass is 9.80. The van der Waals surface area contributed by atoms with Gasteiger partial charge in [0.05, 0.1) is 5.41 Å². The molecule has 0 aliphatic carbocycles. The molecule has 0 aromatic carbocycles. The van der Waals surface area contributed by atoms with Gasteiger partial charge in [-0.3, -0.25) is 9.59 Å². The number of aliphatic carboxylic acids is 1. The summed E-state index contributed by atoms with van der Waals surface area (Å²) in [4.78, 5) is 24.9. The number of amides is 1. The van der Waals surface area contributed by atoms with Gasteiger partial charge in [-0.15, -0.1) is 0 Å². The quantitative estimate of drug-likeness (QED) is 0.755. The highest BCUT2D eigenvalue weighted by molar-refractivity contribution is 5.80. The summed E-state index contributed by atoms with van der Waals surface area (Å²) in [5, 5.41) is 12.1. The average molecular weight is 242 g/mol. The van der Waals surface area contributed by atoms with Crippen molar-refractivity contribution in [3.8, 4) is 0 Å². The van der Waals surface area contributed by atoms with Gasteiger partial charge in [-0.1, -0.05) is 6.92 Å². The van der Waals surface area contributed by atoms with Gasteiger partial charge in [0.2, 0.25) is 5.91 Å². The van der Waals surface area contributed by atoms with E-state index in [2.05, 4.69) is 5.32 Å². The van der Waals surface area contributed by atoms with E-state index in [1.807, 2.05) is 14.0 Å². The van der Waals surface area contributed by atoms with Gasteiger partial charge >= 0.3 is 5.97 Å². The predicted octanol–water partition coefficient (Wildman–Crippen LogP) is 0.555. The van der Waals surface area contributed by atoms with Crippen molar-refractivity contribution in [2.45, 2.75) is 26.7 Å². The molecular weight excluding hydrogens is 220 g/mol. The Morgan fingerprint density at radius 2 is 1.94 bits per heavy atom. The summed E-state index contributed by atoms with van der Waals surface area (Å²) in [5.41, 5.74) is -0.664. The number of carbonyl (C=O) groups is 2. The second-order valence-electron chi connectivity index (χ2n) is 5.15. The van der Waals surface area contributed by atoms with Crippen LogP contribution in [0.4, 0.5) is 0 Å². The van der Waals surface area contributed by atoms with Crippen molar-refractivity contribution in [2.24, 2.45) is 11.3 Å². The largest absolute Gasteiger partial charge is 0.481 e. The number of piperidine rings is 1. The first-order valence-corrected chi connectivity index (χ1v) is 6.07. The Hall–Kier alpha value is -1.10. The minimum absolute atomic E-state index is 0.0471. The summed E-state index contributed by atoms with van der Waals surface area (Å²) in [6.45, 7) is 5.41. The van der Waals surface area contributed by atoms with Gasteiger partial charge in [-0.05, 0) is 26.8 Å². The van der Waals surface area contributed by atoms with Crippen molar-refractivity contribution in [2.75, 3.05) is 26.7 Å². The molecule has 1 saturated heterocycles. The van der Waals surface area contributed by atoms with Crippen molar-refractivity contribution in [1.29, 1.82) is 0 Å². The number of hydrogen-bond donors (Lipinski definition) is 2. The van der Waals surface area contributed by atoms with E-state index in [0.717, 1.165) is 0 Å². The molecule has 2 N–H and O–H groups in total. The van der Waals surface area contributed by atoms with E-state index < -0.39 is 11.4 Å². The molecule has 1 aliphatic heterocycles. The van der Waals surface area contributed by atoms with Crippen LogP contribution < -0.4 is 5.32 Å². The van der Waals surface area contributed by atoms with Crippen LogP contribution in [0.2, 0.25) is 0 Å². The Balaban J connectivity index is 2.52. The van der Waals surface area contributed by atoms with Gasteiger partial charge in [0.1, 0.15) is 0 Å². The van der Waals surface area contributed by atoms with Crippen LogP contribution in [-0.4, -0.2) is 48.6 Å². The smallest absolute Gasteiger partial charge is 0.309 e. The Morgan fingerprint density at radius 3 is 2.35 bits per heavy atom. The molecule has 1 aliphatic rings. The van der Waals surface area contributed by atoms with E-state index >= 15 is 0 Å². The minimum atomic E-state index is -0.757. The summed E-state index contributed by atoms with van der Waals surface area (Å²) in [5.74, 6) is -0.686. The van der Waals surface area contributed by atoms with Gasteiger partial charge in [0.15, 0.2) is 0 Å². The third-order valence-electron chi connectivity index (χ3n) is 3.63. The van der Waals surface area contributed by atoms with Gasteiger partial charge in [-0.2, -0.15) is 0 Å². The molecule has 0 aromatic rings. The lowest BCUT2D eigenvalue weighted by Crippen LogP contribution is -2.47. The Labute approximate surface area is 102 Å². The van der Waals surface area contributed by atoms with Crippen molar-refractivity contribution >= 4 is 11.9 Å². The van der Waals surface area contributed by atoms with Crippen molar-refractivity contribution in [3.05, 3.63) is 0 Å². The number of nitrogens with one attached hydrogen (secondary N) is 1. The fourth-order valence-electron chi connectivity index (χ4n) is 2.14. The van der Waals surface area contributed by atoms with E-state index in [1.54, 1.807) is 11.8 Å². The number of carboxylic acid groups (broad SMARTS) is 1. The summed E-state index contributed by atoms with van der Waals surface area (Å²) in [6, 6.07) is 0. The maximum Gasteiger partial charge on any atom is 0.309 e. The maximum atomic E-state index is 12.0.